The van der Waals surface area contributed by atoms with E-state index in [0.29, 0.717) is 28.8 Å². The van der Waals surface area contributed by atoms with Crippen LogP contribution >= 0.6 is 11.3 Å². The minimum absolute atomic E-state index is 0.0421. The first-order chi connectivity index (χ1) is 16.9. The first-order valence-corrected chi connectivity index (χ1v) is 12.4. The second kappa shape index (κ2) is 8.20. The number of carboxylic acid groups (broad SMARTS) is 1. The minimum Gasteiger partial charge on any atom is -0.481 e. The van der Waals surface area contributed by atoms with E-state index in [4.69, 9.17) is 4.74 Å². The molecule has 2 aromatic carbocycles. The Kier molecular flexibility index (Phi) is 5.10. The number of likely N-dealkylation sites (tertiary alicyclic amines) is 1. The Bertz CT molecular complexity index is 1310. The highest BCUT2D eigenvalue weighted by Crippen LogP contribution is 2.52. The fourth-order valence-corrected chi connectivity index (χ4v) is 6.49. The predicted molar refractivity (Wildman–Crippen MR) is 130 cm³/mol. The topological polar surface area (TPSA) is 109 Å². The third-order valence-corrected chi connectivity index (χ3v) is 8.37. The highest BCUT2D eigenvalue weighted by molar-refractivity contribution is 7.17. The zero-order valence-electron chi connectivity index (χ0n) is 18.9. The van der Waals surface area contributed by atoms with Crippen LogP contribution in [-0.4, -0.2) is 52.7 Å². The number of thiazole rings is 1. The molecule has 2 fully saturated rings. The molecule has 8 nitrogen and oxygen atoms in total. The lowest BCUT2D eigenvalue weighted by Crippen LogP contribution is -2.32. The van der Waals surface area contributed by atoms with Crippen LogP contribution < -0.4 is 5.32 Å². The number of aromatic nitrogens is 1. The lowest BCUT2D eigenvalue weighted by Gasteiger charge is -2.18. The number of amides is 2. The van der Waals surface area contributed by atoms with E-state index in [-0.39, 0.29) is 36.2 Å². The Morgan fingerprint density at radius 2 is 1.66 bits per heavy atom. The van der Waals surface area contributed by atoms with Crippen LogP contribution in [0.1, 0.15) is 32.4 Å². The molecular weight excluding hydrogens is 466 g/mol. The maximum atomic E-state index is 12.9. The number of carbonyl (C=O) groups is 3. The Hall–Kier alpha value is -3.72. The van der Waals surface area contributed by atoms with Gasteiger partial charge < -0.3 is 14.7 Å². The predicted octanol–water partition coefficient (Wildman–Crippen LogP) is 4.22. The summed E-state index contributed by atoms with van der Waals surface area (Å²) < 4.78 is 5.57. The standard InChI is InChI=1S/C26H23N3O5S/c1-13-22(23(30)29-10-18-19(11-29)21(18)24(31)32)35-25(27-13)28-26(33)34-12-20-16-8-4-2-6-14(16)15-7-3-5-9-17(15)20/h2-9,18-21H,10-12H2,1H3,(H,31,32)(H,27,28,33)/t18-,19+,21?. The van der Waals surface area contributed by atoms with Crippen molar-refractivity contribution in [3.63, 3.8) is 0 Å². The Labute approximate surface area is 205 Å². The van der Waals surface area contributed by atoms with Crippen LogP contribution in [0.5, 0.6) is 0 Å². The number of aliphatic carboxylic acids is 1. The SMILES string of the molecule is Cc1nc(NC(=O)OCC2c3ccccc3-c3ccccc32)sc1C(=O)N1C[C@@H]2C(C(=O)O)[C@@H]2C1. The smallest absolute Gasteiger partial charge is 0.413 e. The number of nitrogens with zero attached hydrogens (tertiary/aromatic N) is 2. The van der Waals surface area contributed by atoms with Gasteiger partial charge in [0.2, 0.25) is 0 Å². The molecule has 1 unspecified atom stereocenters. The van der Waals surface area contributed by atoms with E-state index in [1.165, 1.54) is 0 Å². The number of rotatable bonds is 5. The largest absolute Gasteiger partial charge is 0.481 e. The lowest BCUT2D eigenvalue weighted by molar-refractivity contribution is -0.139. The van der Waals surface area contributed by atoms with Gasteiger partial charge in [0.1, 0.15) is 11.5 Å². The highest BCUT2D eigenvalue weighted by Gasteiger charge is 2.60. The molecule has 0 radical (unpaired) electrons. The maximum Gasteiger partial charge on any atom is 0.413 e. The zero-order valence-corrected chi connectivity index (χ0v) is 19.7. The molecule has 9 heteroatoms. The summed E-state index contributed by atoms with van der Waals surface area (Å²) in [5.41, 5.74) is 5.11. The van der Waals surface area contributed by atoms with Crippen LogP contribution in [0.3, 0.4) is 0 Å². The fourth-order valence-electron chi connectivity index (χ4n) is 5.57. The molecule has 3 atom stereocenters. The average Bonchev–Trinajstić information content (AvgIpc) is 3.14. The van der Waals surface area contributed by atoms with Crippen LogP contribution in [0.2, 0.25) is 0 Å². The van der Waals surface area contributed by atoms with E-state index < -0.39 is 12.1 Å². The average molecular weight is 490 g/mol. The molecular formula is C26H23N3O5S. The van der Waals surface area contributed by atoms with Crippen molar-refractivity contribution in [1.82, 2.24) is 9.88 Å². The van der Waals surface area contributed by atoms with E-state index in [9.17, 15) is 19.5 Å². The van der Waals surface area contributed by atoms with Crippen molar-refractivity contribution in [2.45, 2.75) is 12.8 Å². The maximum absolute atomic E-state index is 12.9. The van der Waals surface area contributed by atoms with E-state index in [1.54, 1.807) is 11.8 Å². The first-order valence-electron chi connectivity index (χ1n) is 11.5. The molecule has 1 aromatic heterocycles. The molecule has 0 bridgehead atoms. The third kappa shape index (κ3) is 3.67. The lowest BCUT2D eigenvalue weighted by atomic mass is 9.98. The molecule has 1 aliphatic heterocycles. The van der Waals surface area contributed by atoms with E-state index in [0.717, 1.165) is 33.6 Å². The number of ether oxygens (including phenoxy) is 1. The van der Waals surface area contributed by atoms with Gasteiger partial charge in [-0.3, -0.25) is 14.9 Å². The molecule has 3 aromatic rings. The Balaban J connectivity index is 1.09. The number of hydrogen-bond donors (Lipinski definition) is 2. The number of carbonyl (C=O) groups excluding carboxylic acids is 2. The van der Waals surface area contributed by atoms with Gasteiger partial charge in [0.25, 0.3) is 5.91 Å². The van der Waals surface area contributed by atoms with Crippen molar-refractivity contribution < 1.29 is 24.2 Å². The molecule has 2 aliphatic carbocycles. The number of hydrogen-bond acceptors (Lipinski definition) is 6. The minimum atomic E-state index is -0.782. The van der Waals surface area contributed by atoms with Crippen molar-refractivity contribution in [2.75, 3.05) is 25.0 Å². The molecule has 1 saturated carbocycles. The summed E-state index contributed by atoms with van der Waals surface area (Å²) in [7, 11) is 0. The number of anilines is 1. The van der Waals surface area contributed by atoms with Crippen LogP contribution in [0, 0.1) is 24.7 Å². The second-order valence-corrected chi connectivity index (χ2v) is 10.3. The first kappa shape index (κ1) is 21.8. The van der Waals surface area contributed by atoms with E-state index >= 15 is 0 Å². The van der Waals surface area contributed by atoms with Gasteiger partial charge in [0, 0.05) is 19.0 Å². The van der Waals surface area contributed by atoms with Crippen molar-refractivity contribution in [1.29, 1.82) is 0 Å². The van der Waals surface area contributed by atoms with E-state index in [2.05, 4.69) is 34.6 Å². The van der Waals surface area contributed by atoms with Gasteiger partial charge in [-0.2, -0.15) is 0 Å². The van der Waals surface area contributed by atoms with E-state index in [1.807, 2.05) is 24.3 Å². The van der Waals surface area contributed by atoms with Gasteiger partial charge >= 0.3 is 12.1 Å². The Morgan fingerprint density at radius 1 is 1.06 bits per heavy atom. The Morgan fingerprint density at radius 3 is 2.26 bits per heavy atom. The van der Waals surface area contributed by atoms with Gasteiger partial charge in [-0.05, 0) is 41.0 Å². The summed E-state index contributed by atoms with van der Waals surface area (Å²) in [4.78, 5) is 43.2. The number of fused-ring (bicyclic) bond motifs is 4. The molecule has 178 valence electrons. The molecule has 6 rings (SSSR count). The molecule has 2 heterocycles. The summed E-state index contributed by atoms with van der Waals surface area (Å²) in [6.45, 7) is 2.82. The van der Waals surface area contributed by atoms with Crippen molar-refractivity contribution in [2.24, 2.45) is 17.8 Å². The second-order valence-electron chi connectivity index (χ2n) is 9.29. The van der Waals surface area contributed by atoms with Crippen molar-refractivity contribution in [3.05, 3.63) is 70.2 Å². The number of aryl methyl sites for hydroxylation is 1. The molecule has 3 aliphatic rings. The number of nitrogens with one attached hydrogen (secondary N) is 1. The third-order valence-electron chi connectivity index (χ3n) is 7.31. The van der Waals surface area contributed by atoms with Crippen LogP contribution in [-0.2, 0) is 9.53 Å². The van der Waals surface area contributed by atoms with Gasteiger partial charge in [-0.1, -0.05) is 59.9 Å². The quantitative estimate of drug-likeness (QED) is 0.556. The monoisotopic (exact) mass is 489 g/mol. The number of piperidine rings is 1. The zero-order chi connectivity index (χ0) is 24.3. The number of carboxylic acids is 1. The fraction of sp³-hybridized carbons (Fsp3) is 0.308. The highest BCUT2D eigenvalue weighted by atomic mass is 32.1. The van der Waals surface area contributed by atoms with Gasteiger partial charge in [0.05, 0.1) is 11.6 Å². The van der Waals surface area contributed by atoms with Crippen LogP contribution in [0.15, 0.2) is 48.5 Å². The molecule has 2 N–H and O–H groups in total. The van der Waals surface area contributed by atoms with Crippen molar-refractivity contribution >= 4 is 34.4 Å². The molecule has 35 heavy (non-hydrogen) atoms. The van der Waals surface area contributed by atoms with Gasteiger partial charge in [-0.25, -0.2) is 9.78 Å². The molecule has 2 amide bonds. The normalized spacial score (nSPS) is 21.7. The molecule has 1 saturated heterocycles. The summed E-state index contributed by atoms with van der Waals surface area (Å²) in [6, 6.07) is 16.3. The van der Waals surface area contributed by atoms with Crippen LogP contribution in [0.4, 0.5) is 9.93 Å². The molecule has 0 spiro atoms. The summed E-state index contributed by atoms with van der Waals surface area (Å²) in [6.07, 6.45) is -0.619. The summed E-state index contributed by atoms with van der Waals surface area (Å²) in [5.74, 6) is -1.23. The number of benzene rings is 2. The summed E-state index contributed by atoms with van der Waals surface area (Å²) in [5, 5.41) is 12.1. The van der Waals surface area contributed by atoms with Gasteiger partial charge in [0.15, 0.2) is 5.13 Å². The summed E-state index contributed by atoms with van der Waals surface area (Å²) >= 11 is 1.11. The van der Waals surface area contributed by atoms with Crippen LogP contribution in [0.25, 0.3) is 11.1 Å². The van der Waals surface area contributed by atoms with Crippen molar-refractivity contribution in [3.8, 4) is 11.1 Å². The van der Waals surface area contributed by atoms with Gasteiger partial charge in [-0.15, -0.1) is 0 Å².